The van der Waals surface area contributed by atoms with Crippen LogP contribution in [-0.2, 0) is 0 Å². The van der Waals surface area contributed by atoms with Crippen molar-refractivity contribution < 1.29 is 13.8 Å². The zero-order valence-electron chi connectivity index (χ0n) is 14.6. The first-order chi connectivity index (χ1) is 13.7. The number of halogens is 1. The van der Waals surface area contributed by atoms with Gasteiger partial charge in [0.2, 0.25) is 11.3 Å². The monoisotopic (exact) mass is 379 g/mol. The van der Waals surface area contributed by atoms with Gasteiger partial charge in [0.15, 0.2) is 11.6 Å². The molecule has 2 aromatic heterocycles. The molecule has 0 spiro atoms. The summed E-state index contributed by atoms with van der Waals surface area (Å²) >= 11 is 0. The van der Waals surface area contributed by atoms with Crippen LogP contribution in [0.2, 0.25) is 0 Å². The second-order valence-corrected chi connectivity index (χ2v) is 5.61. The van der Waals surface area contributed by atoms with Gasteiger partial charge >= 0.3 is 0 Å². The van der Waals surface area contributed by atoms with Gasteiger partial charge in [0, 0.05) is 5.69 Å². The third-order valence-corrected chi connectivity index (χ3v) is 3.72. The lowest BCUT2D eigenvalue weighted by molar-refractivity contribution is 0.314. The van der Waals surface area contributed by atoms with Crippen molar-refractivity contribution in [3.8, 4) is 5.75 Å². The van der Waals surface area contributed by atoms with Gasteiger partial charge in [-0.15, -0.1) is 0 Å². The van der Waals surface area contributed by atoms with Crippen molar-refractivity contribution in [1.82, 2.24) is 20.3 Å². The minimum absolute atomic E-state index is 0.229. The molecule has 0 amide bonds. The van der Waals surface area contributed by atoms with Crippen molar-refractivity contribution in [2.24, 2.45) is 5.10 Å². The Kier molecular flexibility index (Phi) is 4.74. The highest BCUT2D eigenvalue weighted by Gasteiger charge is 2.12. The van der Waals surface area contributed by atoms with E-state index in [0.29, 0.717) is 17.3 Å². The average Bonchev–Trinajstić information content (AvgIpc) is 3.17. The molecule has 9 nitrogen and oxygen atoms in total. The maximum Gasteiger partial charge on any atom is 0.245 e. The van der Waals surface area contributed by atoms with E-state index in [1.807, 2.05) is 24.3 Å². The van der Waals surface area contributed by atoms with Crippen LogP contribution in [0.25, 0.3) is 11.3 Å². The van der Waals surface area contributed by atoms with E-state index in [1.165, 1.54) is 12.1 Å². The summed E-state index contributed by atoms with van der Waals surface area (Å²) in [4.78, 5) is 8.61. The predicted octanol–water partition coefficient (Wildman–Crippen LogP) is 3.35. The lowest BCUT2D eigenvalue weighted by Crippen LogP contribution is -2.03. The molecule has 140 valence electrons. The van der Waals surface area contributed by atoms with Gasteiger partial charge in [-0.3, -0.25) is 5.43 Å². The molecule has 2 N–H and O–H groups in total. The number of methoxy groups -OCH3 is 1. The molecule has 2 aromatic carbocycles. The standard InChI is InChI=1S/C18H14FN7O2/c1-27-14-8-2-11(3-9-14)10-20-24-16-15(21-13-6-4-12(19)5-7-13)22-17-18(23-16)26-28-25-17/h2-10H,1H3,(H,21,22,25)(H,23,24,26). The van der Waals surface area contributed by atoms with E-state index < -0.39 is 0 Å². The number of fused-ring (bicyclic) bond motifs is 1. The van der Waals surface area contributed by atoms with Crippen molar-refractivity contribution in [3.63, 3.8) is 0 Å². The van der Waals surface area contributed by atoms with Crippen LogP contribution in [0.5, 0.6) is 5.75 Å². The number of hydrogen-bond donors (Lipinski definition) is 2. The van der Waals surface area contributed by atoms with Gasteiger partial charge in [0.25, 0.3) is 0 Å². The fourth-order valence-electron chi connectivity index (χ4n) is 2.33. The molecule has 0 saturated heterocycles. The highest BCUT2D eigenvalue weighted by molar-refractivity contribution is 5.81. The fourth-order valence-corrected chi connectivity index (χ4v) is 2.33. The zero-order chi connectivity index (χ0) is 19.3. The third-order valence-electron chi connectivity index (χ3n) is 3.72. The average molecular weight is 379 g/mol. The van der Waals surface area contributed by atoms with Gasteiger partial charge in [-0.05, 0) is 64.4 Å². The molecule has 0 aliphatic heterocycles. The summed E-state index contributed by atoms with van der Waals surface area (Å²) in [6, 6.07) is 13.2. The van der Waals surface area contributed by atoms with E-state index in [9.17, 15) is 4.39 Å². The molecule has 0 bridgehead atoms. The smallest absolute Gasteiger partial charge is 0.245 e. The molecule has 2 heterocycles. The Balaban J connectivity index is 1.58. The van der Waals surface area contributed by atoms with Crippen LogP contribution in [0, 0.1) is 5.82 Å². The summed E-state index contributed by atoms with van der Waals surface area (Å²) in [5, 5.41) is 14.6. The summed E-state index contributed by atoms with van der Waals surface area (Å²) in [7, 11) is 1.61. The molecule has 0 fully saturated rings. The van der Waals surface area contributed by atoms with E-state index in [1.54, 1.807) is 25.5 Å². The van der Waals surface area contributed by atoms with E-state index in [-0.39, 0.29) is 17.1 Å². The number of rotatable bonds is 6. The Bertz CT molecular complexity index is 1110. The van der Waals surface area contributed by atoms with E-state index in [0.717, 1.165) is 11.3 Å². The van der Waals surface area contributed by atoms with Crippen molar-refractivity contribution in [1.29, 1.82) is 0 Å². The van der Waals surface area contributed by atoms with Crippen molar-refractivity contribution in [2.45, 2.75) is 0 Å². The van der Waals surface area contributed by atoms with E-state index >= 15 is 0 Å². The number of nitrogens with one attached hydrogen (secondary N) is 2. The van der Waals surface area contributed by atoms with Gasteiger partial charge in [0.05, 0.1) is 13.3 Å². The molecule has 0 unspecified atom stereocenters. The second-order valence-electron chi connectivity index (χ2n) is 5.61. The largest absolute Gasteiger partial charge is 0.497 e. The van der Waals surface area contributed by atoms with Crippen LogP contribution < -0.4 is 15.5 Å². The van der Waals surface area contributed by atoms with Crippen molar-refractivity contribution in [3.05, 3.63) is 59.9 Å². The third kappa shape index (κ3) is 3.85. The number of anilines is 3. The molecule has 0 aliphatic carbocycles. The predicted molar refractivity (Wildman–Crippen MR) is 101 cm³/mol. The van der Waals surface area contributed by atoms with Gasteiger partial charge in [-0.1, -0.05) is 0 Å². The van der Waals surface area contributed by atoms with E-state index in [2.05, 4.69) is 40.8 Å². The van der Waals surface area contributed by atoms with Crippen LogP contribution in [0.15, 0.2) is 58.3 Å². The normalized spacial score (nSPS) is 11.1. The first-order valence-electron chi connectivity index (χ1n) is 8.17. The summed E-state index contributed by atoms with van der Waals surface area (Å²) in [5.74, 6) is 1.06. The zero-order valence-corrected chi connectivity index (χ0v) is 14.6. The number of ether oxygens (including phenoxy) is 1. The van der Waals surface area contributed by atoms with Crippen LogP contribution in [0.1, 0.15) is 5.56 Å². The van der Waals surface area contributed by atoms with Gasteiger partial charge in [-0.2, -0.15) is 10.1 Å². The molecule has 0 aliphatic rings. The number of hydrazone groups is 1. The summed E-state index contributed by atoms with van der Waals surface area (Å²) < 4.78 is 22.9. The minimum atomic E-state index is -0.338. The lowest BCUT2D eigenvalue weighted by atomic mass is 10.2. The van der Waals surface area contributed by atoms with Crippen LogP contribution >= 0.6 is 0 Å². The fraction of sp³-hybridized carbons (Fsp3) is 0.0556. The highest BCUT2D eigenvalue weighted by Crippen LogP contribution is 2.24. The quantitative estimate of drug-likeness (QED) is 0.388. The topological polar surface area (TPSA) is 110 Å². The summed E-state index contributed by atoms with van der Waals surface area (Å²) in [5.41, 5.74) is 4.76. The van der Waals surface area contributed by atoms with Crippen molar-refractivity contribution >= 4 is 34.8 Å². The Morgan fingerprint density at radius 1 is 0.964 bits per heavy atom. The second kappa shape index (κ2) is 7.66. The Hall–Kier alpha value is -4.08. The number of benzene rings is 2. The van der Waals surface area contributed by atoms with Gasteiger partial charge in [-0.25, -0.2) is 14.0 Å². The molecular weight excluding hydrogens is 365 g/mol. The maximum absolute atomic E-state index is 13.1. The van der Waals surface area contributed by atoms with Gasteiger partial charge < -0.3 is 10.1 Å². The Morgan fingerprint density at radius 2 is 1.64 bits per heavy atom. The van der Waals surface area contributed by atoms with E-state index in [4.69, 9.17) is 4.74 Å². The highest BCUT2D eigenvalue weighted by atomic mass is 19.1. The molecule has 4 aromatic rings. The molecule has 0 atom stereocenters. The van der Waals surface area contributed by atoms with Crippen molar-refractivity contribution in [2.75, 3.05) is 17.9 Å². The molecule has 4 rings (SSSR count). The SMILES string of the molecule is COc1ccc(C=NNc2nc3nonc3nc2Nc2ccc(F)cc2)cc1. The van der Waals surface area contributed by atoms with Crippen LogP contribution in [0.4, 0.5) is 21.7 Å². The first kappa shape index (κ1) is 17.3. The first-order valence-corrected chi connectivity index (χ1v) is 8.17. The Labute approximate surface area is 158 Å². The molecule has 10 heteroatoms. The maximum atomic E-state index is 13.1. The minimum Gasteiger partial charge on any atom is -0.497 e. The summed E-state index contributed by atoms with van der Waals surface area (Å²) in [6.45, 7) is 0. The Morgan fingerprint density at radius 3 is 2.32 bits per heavy atom. The number of nitrogens with zero attached hydrogens (tertiary/aromatic N) is 5. The molecule has 28 heavy (non-hydrogen) atoms. The van der Waals surface area contributed by atoms with Crippen LogP contribution in [0.3, 0.4) is 0 Å². The number of aromatic nitrogens is 4. The molecular formula is C18H14FN7O2. The number of hydrogen-bond acceptors (Lipinski definition) is 9. The lowest BCUT2D eigenvalue weighted by Gasteiger charge is -2.09. The molecule has 0 saturated carbocycles. The molecule has 0 radical (unpaired) electrons. The summed E-state index contributed by atoms with van der Waals surface area (Å²) in [6.07, 6.45) is 1.62. The van der Waals surface area contributed by atoms with Crippen LogP contribution in [-0.4, -0.2) is 33.6 Å². The van der Waals surface area contributed by atoms with Gasteiger partial charge in [0.1, 0.15) is 11.6 Å².